The summed E-state index contributed by atoms with van der Waals surface area (Å²) in [5, 5.41) is 6.85. The first-order chi connectivity index (χ1) is 13.9. The minimum absolute atomic E-state index is 0.454. The Morgan fingerprint density at radius 3 is 1.97 bits per heavy atom. The second-order valence-electron chi connectivity index (χ2n) is 7.22. The van der Waals surface area contributed by atoms with Crippen LogP contribution in [0.5, 0.6) is 17.2 Å². The first kappa shape index (κ1) is 24.9. The lowest BCUT2D eigenvalue weighted by Gasteiger charge is -2.32. The van der Waals surface area contributed by atoms with Crippen molar-refractivity contribution >= 4 is 5.96 Å². The van der Waals surface area contributed by atoms with Gasteiger partial charge in [0.1, 0.15) is 0 Å². The van der Waals surface area contributed by atoms with Crippen molar-refractivity contribution in [2.75, 3.05) is 48.5 Å². The Kier molecular flexibility index (Phi) is 11.3. The zero-order valence-corrected chi connectivity index (χ0v) is 19.5. The molecule has 29 heavy (non-hydrogen) atoms. The van der Waals surface area contributed by atoms with E-state index in [4.69, 9.17) is 19.2 Å². The first-order valence-electron chi connectivity index (χ1n) is 10.4. The maximum Gasteiger partial charge on any atom is 0.203 e. The van der Waals surface area contributed by atoms with E-state index in [-0.39, 0.29) is 0 Å². The van der Waals surface area contributed by atoms with E-state index < -0.39 is 0 Å². The van der Waals surface area contributed by atoms with Crippen molar-refractivity contribution in [3.63, 3.8) is 0 Å². The molecule has 0 spiro atoms. The van der Waals surface area contributed by atoms with Crippen molar-refractivity contribution in [2.45, 2.75) is 46.2 Å². The molecule has 0 fully saturated rings. The summed E-state index contributed by atoms with van der Waals surface area (Å²) in [5.74, 6) is 3.31. The number of likely N-dealkylation sites (N-methyl/N-ethyl adjacent to an activating group) is 1. The van der Waals surface area contributed by atoms with Crippen LogP contribution in [0.4, 0.5) is 0 Å². The molecular weight excluding hydrogens is 368 g/mol. The fourth-order valence-electron chi connectivity index (χ4n) is 3.54. The molecule has 7 heteroatoms. The van der Waals surface area contributed by atoms with Gasteiger partial charge in [0.2, 0.25) is 5.75 Å². The number of hydrogen-bond acceptors (Lipinski definition) is 5. The number of nitrogens with one attached hydrogen (secondary N) is 2. The van der Waals surface area contributed by atoms with E-state index in [0.29, 0.717) is 35.8 Å². The van der Waals surface area contributed by atoms with Gasteiger partial charge in [0.15, 0.2) is 17.5 Å². The number of methoxy groups -OCH3 is 3. The number of benzene rings is 1. The molecule has 0 saturated carbocycles. The average molecular weight is 409 g/mol. The molecule has 1 atom stereocenters. The van der Waals surface area contributed by atoms with Gasteiger partial charge >= 0.3 is 0 Å². The van der Waals surface area contributed by atoms with Crippen LogP contribution in [0.3, 0.4) is 0 Å². The second kappa shape index (κ2) is 13.1. The van der Waals surface area contributed by atoms with E-state index in [1.165, 1.54) is 12.8 Å². The van der Waals surface area contributed by atoms with Crippen molar-refractivity contribution in [3.8, 4) is 17.2 Å². The Morgan fingerprint density at radius 1 is 0.966 bits per heavy atom. The van der Waals surface area contributed by atoms with Gasteiger partial charge in [-0.15, -0.1) is 0 Å². The maximum atomic E-state index is 5.44. The quantitative estimate of drug-likeness (QED) is 0.409. The summed E-state index contributed by atoms with van der Waals surface area (Å²) in [4.78, 5) is 7.06. The van der Waals surface area contributed by atoms with Crippen LogP contribution in [0.1, 0.15) is 39.2 Å². The molecule has 1 aromatic carbocycles. The third-order valence-electron chi connectivity index (χ3n) is 5.22. The van der Waals surface area contributed by atoms with E-state index in [9.17, 15) is 0 Å². The standard InChI is InChI=1S/C22H40N4O3/c1-9-17(10-2)18(26(4)5)15-25-22(23-11-3)24-14-16-12-19(27-6)21(29-8)20(13-16)28-7/h12-13,17-18H,9-11,14-15H2,1-8H3,(H2,23,24,25). The van der Waals surface area contributed by atoms with Crippen molar-refractivity contribution in [2.24, 2.45) is 10.9 Å². The smallest absolute Gasteiger partial charge is 0.203 e. The van der Waals surface area contributed by atoms with Crippen LogP contribution in [-0.4, -0.2) is 65.4 Å². The summed E-state index contributed by atoms with van der Waals surface area (Å²) in [6, 6.07) is 4.32. The van der Waals surface area contributed by atoms with Crippen molar-refractivity contribution in [1.82, 2.24) is 15.5 Å². The summed E-state index contributed by atoms with van der Waals surface area (Å²) in [5.41, 5.74) is 0.987. The minimum atomic E-state index is 0.454. The second-order valence-corrected chi connectivity index (χ2v) is 7.22. The summed E-state index contributed by atoms with van der Waals surface area (Å²) < 4.78 is 16.3. The van der Waals surface area contributed by atoms with Gasteiger partial charge in [-0.1, -0.05) is 26.7 Å². The van der Waals surface area contributed by atoms with Gasteiger partial charge in [-0.25, -0.2) is 4.99 Å². The fraction of sp³-hybridized carbons (Fsp3) is 0.682. The molecule has 0 aliphatic rings. The van der Waals surface area contributed by atoms with Crippen molar-refractivity contribution in [3.05, 3.63) is 17.7 Å². The molecule has 0 aliphatic heterocycles. The number of nitrogens with zero attached hydrogens (tertiary/aromatic N) is 2. The zero-order valence-electron chi connectivity index (χ0n) is 19.5. The molecule has 0 radical (unpaired) electrons. The SMILES string of the molecule is CCNC(=NCc1cc(OC)c(OC)c(OC)c1)NCC(C(CC)CC)N(C)C. The molecule has 1 rings (SSSR count). The molecule has 166 valence electrons. The summed E-state index contributed by atoms with van der Waals surface area (Å²) in [7, 11) is 9.13. The first-order valence-corrected chi connectivity index (χ1v) is 10.4. The lowest BCUT2D eigenvalue weighted by Crippen LogP contribution is -2.48. The predicted molar refractivity (Wildman–Crippen MR) is 120 cm³/mol. The molecule has 0 aromatic heterocycles. The molecule has 2 N–H and O–H groups in total. The third kappa shape index (κ3) is 7.31. The minimum Gasteiger partial charge on any atom is -0.493 e. The Bertz CT molecular complexity index is 605. The summed E-state index contributed by atoms with van der Waals surface area (Å²) in [6.45, 7) is 8.74. The van der Waals surface area contributed by atoms with Gasteiger partial charge in [0.05, 0.1) is 27.9 Å². The van der Waals surface area contributed by atoms with Crippen LogP contribution in [0.2, 0.25) is 0 Å². The van der Waals surface area contributed by atoms with Gasteiger partial charge in [0.25, 0.3) is 0 Å². The monoisotopic (exact) mass is 408 g/mol. The number of aliphatic imine (C=N–C) groups is 1. The number of rotatable bonds is 12. The topological polar surface area (TPSA) is 67.4 Å². The van der Waals surface area contributed by atoms with Crippen LogP contribution >= 0.6 is 0 Å². The number of guanidine groups is 1. The van der Waals surface area contributed by atoms with Crippen LogP contribution in [0.15, 0.2) is 17.1 Å². The fourth-order valence-corrected chi connectivity index (χ4v) is 3.54. The maximum absolute atomic E-state index is 5.44. The van der Waals surface area contributed by atoms with Gasteiger partial charge in [0, 0.05) is 19.1 Å². The molecule has 0 aliphatic carbocycles. The van der Waals surface area contributed by atoms with Crippen LogP contribution in [0, 0.1) is 5.92 Å². The lowest BCUT2D eigenvalue weighted by atomic mass is 9.93. The molecule has 0 bridgehead atoms. The highest BCUT2D eigenvalue weighted by Gasteiger charge is 2.21. The van der Waals surface area contributed by atoms with E-state index >= 15 is 0 Å². The molecule has 0 heterocycles. The Balaban J connectivity index is 2.96. The van der Waals surface area contributed by atoms with Crippen LogP contribution < -0.4 is 24.8 Å². The Labute approximate surface area is 176 Å². The predicted octanol–water partition coefficient (Wildman–Crippen LogP) is 3.13. The van der Waals surface area contributed by atoms with E-state index in [2.05, 4.69) is 50.4 Å². The van der Waals surface area contributed by atoms with Gasteiger partial charge in [-0.2, -0.15) is 0 Å². The number of hydrogen-bond donors (Lipinski definition) is 2. The molecule has 1 aromatic rings. The largest absolute Gasteiger partial charge is 0.493 e. The summed E-state index contributed by atoms with van der Waals surface area (Å²) in [6.07, 6.45) is 2.33. The number of ether oxygens (including phenoxy) is 3. The lowest BCUT2D eigenvalue weighted by molar-refractivity contribution is 0.200. The molecular formula is C22H40N4O3. The molecule has 0 amide bonds. The average Bonchev–Trinajstić information content (AvgIpc) is 2.73. The summed E-state index contributed by atoms with van der Waals surface area (Å²) >= 11 is 0. The molecule has 7 nitrogen and oxygen atoms in total. The van der Waals surface area contributed by atoms with Crippen molar-refractivity contribution in [1.29, 1.82) is 0 Å². The third-order valence-corrected chi connectivity index (χ3v) is 5.22. The van der Waals surface area contributed by atoms with E-state index in [1.54, 1.807) is 21.3 Å². The van der Waals surface area contributed by atoms with Gasteiger partial charge in [-0.05, 0) is 44.6 Å². The van der Waals surface area contributed by atoms with Gasteiger partial charge in [-0.3, -0.25) is 0 Å². The van der Waals surface area contributed by atoms with E-state index in [0.717, 1.165) is 24.6 Å². The highest BCUT2D eigenvalue weighted by Crippen LogP contribution is 2.38. The van der Waals surface area contributed by atoms with Crippen molar-refractivity contribution < 1.29 is 14.2 Å². The normalized spacial score (nSPS) is 12.8. The molecule has 1 unspecified atom stereocenters. The highest BCUT2D eigenvalue weighted by atomic mass is 16.5. The highest BCUT2D eigenvalue weighted by molar-refractivity contribution is 5.79. The van der Waals surface area contributed by atoms with Gasteiger partial charge < -0.3 is 29.7 Å². The molecule has 0 saturated heterocycles. The van der Waals surface area contributed by atoms with Crippen LogP contribution in [0.25, 0.3) is 0 Å². The van der Waals surface area contributed by atoms with E-state index in [1.807, 2.05) is 12.1 Å². The Hall–Kier alpha value is -2.15. The Morgan fingerprint density at radius 2 is 1.55 bits per heavy atom. The van der Waals surface area contributed by atoms with Crippen LogP contribution in [-0.2, 0) is 6.54 Å². The zero-order chi connectivity index (χ0) is 21.8.